The third-order valence-electron chi connectivity index (χ3n) is 1.31. The normalized spacial score (nSPS) is 9.70. The third kappa shape index (κ3) is 0.603. The van der Waals surface area contributed by atoms with Crippen LogP contribution in [0.5, 0.6) is 5.75 Å². The first-order valence-electron chi connectivity index (χ1n) is 2.72. The highest BCUT2D eigenvalue weighted by Crippen LogP contribution is 2.09. The lowest BCUT2D eigenvalue weighted by Crippen LogP contribution is -2.34. The van der Waals surface area contributed by atoms with Crippen molar-refractivity contribution in [1.29, 1.82) is 0 Å². The topological polar surface area (TPSA) is 43.4 Å². The number of hydrogen-bond acceptors (Lipinski definition) is 3. The largest absolute Gasteiger partial charge is 0.492 e. The van der Waals surface area contributed by atoms with Crippen LogP contribution in [-0.4, -0.2) is 7.11 Å². The molecule has 0 aliphatic rings. The minimum atomic E-state index is -0.558. The van der Waals surface area contributed by atoms with Crippen molar-refractivity contribution >= 4 is 6.08 Å². The Labute approximate surface area is 57.3 Å². The van der Waals surface area contributed by atoms with Gasteiger partial charge in [-0.25, -0.2) is 0 Å². The summed E-state index contributed by atoms with van der Waals surface area (Å²) in [5.41, 5.74) is -0.781. The Bertz CT molecular complexity index is 328. The van der Waals surface area contributed by atoms with Crippen molar-refractivity contribution in [3.8, 4) is 5.75 Å². The van der Waals surface area contributed by atoms with Gasteiger partial charge in [0.15, 0.2) is 5.75 Å². The molecule has 10 heavy (non-hydrogen) atoms. The molecule has 0 atom stereocenters. The predicted octanol–water partition coefficient (Wildman–Crippen LogP) is -0.0658. The van der Waals surface area contributed by atoms with Crippen LogP contribution in [0.4, 0.5) is 0 Å². The smallest absolute Gasteiger partial charge is 0.268 e. The molecule has 3 heteroatoms. The molecule has 0 amide bonds. The van der Waals surface area contributed by atoms with Crippen LogP contribution in [0.3, 0.4) is 0 Å². The zero-order valence-electron chi connectivity index (χ0n) is 5.51. The second-order valence-corrected chi connectivity index (χ2v) is 1.81. The van der Waals surface area contributed by atoms with Crippen LogP contribution in [-0.2, 0) is 0 Å². The minimum Gasteiger partial charge on any atom is -0.492 e. The maximum absolute atomic E-state index is 10.6. The number of ether oxygens (including phenoxy) is 1. The molecule has 0 aliphatic heterocycles. The molecule has 0 bridgehead atoms. The summed E-state index contributed by atoms with van der Waals surface area (Å²) >= 11 is 0. The summed E-state index contributed by atoms with van der Waals surface area (Å²) in [5, 5.41) is 0. The maximum atomic E-state index is 10.6. The first kappa shape index (κ1) is 6.74. The fourth-order valence-electron chi connectivity index (χ4n) is 0.776. The predicted molar refractivity (Wildman–Crippen MR) is 38.0 cm³/mol. The lowest BCUT2D eigenvalue weighted by Gasteiger charge is -2.03. The Morgan fingerprint density at radius 3 is 2.30 bits per heavy atom. The first-order valence-corrected chi connectivity index (χ1v) is 2.72. The molecule has 0 spiro atoms. The van der Waals surface area contributed by atoms with Gasteiger partial charge in [-0.2, -0.15) is 0 Å². The molecule has 0 unspecified atom stereocenters. The van der Waals surface area contributed by atoms with Crippen molar-refractivity contribution in [2.75, 3.05) is 7.11 Å². The fourth-order valence-corrected chi connectivity index (χ4v) is 0.776. The molecule has 1 rings (SSSR count). The van der Waals surface area contributed by atoms with E-state index < -0.39 is 10.9 Å². The minimum absolute atomic E-state index is 0.125. The lowest BCUT2D eigenvalue weighted by atomic mass is 10.1. The Balaban J connectivity index is 3.29. The van der Waals surface area contributed by atoms with Gasteiger partial charge in [0.05, 0.1) is 12.7 Å². The number of methoxy groups -OCH3 is 1. The highest BCUT2D eigenvalue weighted by molar-refractivity contribution is 5.59. The Hall–Kier alpha value is -1.38. The van der Waals surface area contributed by atoms with Gasteiger partial charge in [-0.1, -0.05) is 12.7 Å². The lowest BCUT2D eigenvalue weighted by molar-refractivity contribution is 0.404. The van der Waals surface area contributed by atoms with E-state index in [1.54, 1.807) is 0 Å². The molecule has 0 saturated heterocycles. The van der Waals surface area contributed by atoms with Crippen molar-refractivity contribution < 1.29 is 4.74 Å². The van der Waals surface area contributed by atoms with Gasteiger partial charge >= 0.3 is 0 Å². The van der Waals surface area contributed by atoms with Gasteiger partial charge in [0.1, 0.15) is 0 Å². The Kier molecular flexibility index (Phi) is 1.41. The van der Waals surface area contributed by atoms with Crippen LogP contribution in [0.2, 0.25) is 0 Å². The van der Waals surface area contributed by atoms with Crippen LogP contribution in [0, 0.1) is 0 Å². The van der Waals surface area contributed by atoms with E-state index in [4.69, 9.17) is 0 Å². The molecule has 0 N–H and O–H groups in total. The van der Waals surface area contributed by atoms with Crippen molar-refractivity contribution in [3.05, 3.63) is 32.6 Å². The Morgan fingerprint density at radius 1 is 1.40 bits per heavy atom. The van der Waals surface area contributed by atoms with Crippen LogP contribution in [0.25, 0.3) is 6.08 Å². The van der Waals surface area contributed by atoms with Gasteiger partial charge in [-0.05, 0) is 0 Å². The van der Waals surface area contributed by atoms with Crippen LogP contribution in [0.1, 0.15) is 5.56 Å². The molecule has 0 fully saturated rings. The molecule has 3 nitrogen and oxygen atoms in total. The van der Waals surface area contributed by atoms with Gasteiger partial charge < -0.3 is 4.74 Å². The van der Waals surface area contributed by atoms with Gasteiger partial charge in [0, 0.05) is 0 Å². The van der Waals surface area contributed by atoms with Crippen LogP contribution >= 0.6 is 0 Å². The summed E-state index contributed by atoms with van der Waals surface area (Å²) in [6, 6.07) is 0. The monoisotopic (exact) mass is 138 g/mol. The van der Waals surface area contributed by atoms with Gasteiger partial charge in [-0.15, -0.1) is 0 Å². The maximum Gasteiger partial charge on any atom is 0.268 e. The molecule has 0 saturated carbocycles. The second-order valence-electron chi connectivity index (χ2n) is 1.81. The summed E-state index contributed by atoms with van der Waals surface area (Å²) in [7, 11) is 1.35. The summed E-state index contributed by atoms with van der Waals surface area (Å²) < 4.78 is 4.61. The Morgan fingerprint density at radius 2 is 2.00 bits per heavy atom. The second kappa shape index (κ2) is 2.10. The van der Waals surface area contributed by atoms with Gasteiger partial charge in [0.2, 0.25) is 5.43 Å². The van der Waals surface area contributed by atoms with Crippen LogP contribution in [0.15, 0.2) is 16.2 Å². The van der Waals surface area contributed by atoms with Gasteiger partial charge in [0.25, 0.3) is 5.43 Å². The van der Waals surface area contributed by atoms with Crippen molar-refractivity contribution in [2.45, 2.75) is 0 Å². The molecule has 0 radical (unpaired) electrons. The molecular weight excluding hydrogens is 132 g/mol. The third-order valence-corrected chi connectivity index (χ3v) is 1.31. The van der Waals surface area contributed by atoms with E-state index in [0.717, 1.165) is 0 Å². The zero-order valence-corrected chi connectivity index (χ0v) is 5.51. The van der Waals surface area contributed by atoms with E-state index in [1.165, 1.54) is 13.2 Å². The summed E-state index contributed by atoms with van der Waals surface area (Å²) in [5.74, 6) is 0.125. The van der Waals surface area contributed by atoms with E-state index in [-0.39, 0.29) is 11.3 Å². The van der Waals surface area contributed by atoms with E-state index in [1.807, 2.05) is 0 Å². The van der Waals surface area contributed by atoms with Crippen LogP contribution < -0.4 is 15.6 Å². The zero-order chi connectivity index (χ0) is 7.72. The van der Waals surface area contributed by atoms with E-state index >= 15 is 0 Å². The average Bonchev–Trinajstić information content (AvgIpc) is 1.97. The van der Waals surface area contributed by atoms with E-state index in [2.05, 4.69) is 11.3 Å². The molecule has 1 aromatic carbocycles. The summed E-state index contributed by atoms with van der Waals surface area (Å²) in [6.45, 7) is 3.35. The number of hydrogen-bond donors (Lipinski definition) is 0. The van der Waals surface area contributed by atoms with Crippen molar-refractivity contribution in [1.82, 2.24) is 0 Å². The first-order chi connectivity index (χ1) is 4.72. The standard InChI is InChI=1S/C7H6O3/c1-3-4-5(8)6(9)7(4)10-2/h3H,1H2,2H3. The van der Waals surface area contributed by atoms with E-state index in [0.29, 0.717) is 0 Å². The summed E-state index contributed by atoms with van der Waals surface area (Å²) in [6.07, 6.45) is 1.32. The highest BCUT2D eigenvalue weighted by atomic mass is 16.5. The quantitative estimate of drug-likeness (QED) is 0.537. The molecule has 0 aromatic heterocycles. The molecular formula is C7H6O3. The molecule has 0 heterocycles. The molecule has 52 valence electrons. The van der Waals surface area contributed by atoms with Gasteiger partial charge in [-0.3, -0.25) is 9.59 Å². The average molecular weight is 138 g/mol. The SMILES string of the molecule is C=Cc1c(OC)c(=O)c1=O. The van der Waals surface area contributed by atoms with Crippen molar-refractivity contribution in [2.24, 2.45) is 0 Å². The fraction of sp³-hybridized carbons (Fsp3) is 0.143. The number of rotatable bonds is 2. The molecule has 1 aromatic rings. The van der Waals surface area contributed by atoms with Crippen molar-refractivity contribution in [3.63, 3.8) is 0 Å². The highest BCUT2D eigenvalue weighted by Gasteiger charge is 2.17. The molecule has 0 aliphatic carbocycles. The summed E-state index contributed by atoms with van der Waals surface area (Å²) in [4.78, 5) is 21.2. The van der Waals surface area contributed by atoms with E-state index in [9.17, 15) is 9.59 Å².